The van der Waals surface area contributed by atoms with E-state index in [1.165, 1.54) is 6.20 Å². The van der Waals surface area contributed by atoms with E-state index in [4.69, 9.17) is 10.5 Å². The van der Waals surface area contributed by atoms with Crippen molar-refractivity contribution >= 4 is 28.3 Å². The third-order valence-electron chi connectivity index (χ3n) is 2.46. The number of carbonyl (C=O) groups is 2. The van der Waals surface area contributed by atoms with Crippen LogP contribution in [0, 0.1) is 0 Å². The Labute approximate surface area is 125 Å². The van der Waals surface area contributed by atoms with Gasteiger partial charge in [-0.1, -0.05) is 11.3 Å². The summed E-state index contributed by atoms with van der Waals surface area (Å²) in [6.07, 6.45) is 1.41. The molecule has 3 N–H and O–H groups in total. The molecule has 7 heteroatoms. The van der Waals surface area contributed by atoms with Gasteiger partial charge in [0.15, 0.2) is 5.13 Å². The lowest BCUT2D eigenvalue weighted by Gasteiger charge is -2.09. The Hall–Kier alpha value is -2.41. The zero-order valence-corrected chi connectivity index (χ0v) is 12.4. The topological polar surface area (TPSA) is 94.3 Å². The van der Waals surface area contributed by atoms with Crippen molar-refractivity contribution in [2.24, 2.45) is 5.73 Å². The van der Waals surface area contributed by atoms with Crippen molar-refractivity contribution in [1.29, 1.82) is 0 Å². The van der Waals surface area contributed by atoms with Gasteiger partial charge >= 0.3 is 0 Å². The maximum Gasteiger partial charge on any atom is 0.260 e. The predicted octanol–water partition coefficient (Wildman–Crippen LogP) is 2.28. The molecule has 2 rings (SSSR count). The van der Waals surface area contributed by atoms with Crippen molar-refractivity contribution in [3.8, 4) is 5.75 Å². The van der Waals surface area contributed by atoms with Crippen LogP contribution in [0.3, 0.4) is 0 Å². The SMILES string of the molecule is CC(C)Oc1ccc(C(=O)Nc2ncc(C(N)=O)s2)cc1. The van der Waals surface area contributed by atoms with Crippen molar-refractivity contribution in [2.45, 2.75) is 20.0 Å². The maximum absolute atomic E-state index is 12.0. The molecule has 0 aliphatic carbocycles. The van der Waals surface area contributed by atoms with E-state index < -0.39 is 5.91 Å². The fourth-order valence-corrected chi connectivity index (χ4v) is 2.24. The number of nitrogens with zero attached hydrogens (tertiary/aromatic N) is 1. The lowest BCUT2D eigenvalue weighted by molar-refractivity contribution is 0.100. The number of nitrogens with two attached hydrogens (primary N) is 1. The van der Waals surface area contributed by atoms with Crippen LogP contribution in [0.1, 0.15) is 33.9 Å². The Morgan fingerprint density at radius 2 is 1.95 bits per heavy atom. The Balaban J connectivity index is 2.04. The van der Waals surface area contributed by atoms with E-state index in [2.05, 4.69) is 10.3 Å². The molecular weight excluding hydrogens is 290 g/mol. The molecule has 0 saturated carbocycles. The number of benzene rings is 1. The summed E-state index contributed by atoms with van der Waals surface area (Å²) < 4.78 is 5.50. The maximum atomic E-state index is 12.0. The quantitative estimate of drug-likeness (QED) is 0.886. The van der Waals surface area contributed by atoms with Gasteiger partial charge in [-0.05, 0) is 38.1 Å². The molecule has 0 unspecified atom stereocenters. The Kier molecular flexibility index (Phi) is 4.54. The smallest absolute Gasteiger partial charge is 0.260 e. The minimum atomic E-state index is -0.566. The van der Waals surface area contributed by atoms with Crippen LogP contribution >= 0.6 is 11.3 Å². The second-order valence-electron chi connectivity index (χ2n) is 4.54. The van der Waals surface area contributed by atoms with Gasteiger partial charge in [-0.15, -0.1) is 0 Å². The lowest BCUT2D eigenvalue weighted by Crippen LogP contribution is -2.12. The van der Waals surface area contributed by atoms with Gasteiger partial charge in [0.05, 0.1) is 12.3 Å². The number of amides is 2. The van der Waals surface area contributed by atoms with Crippen LogP contribution < -0.4 is 15.8 Å². The zero-order chi connectivity index (χ0) is 15.4. The molecule has 2 amide bonds. The van der Waals surface area contributed by atoms with E-state index in [1.54, 1.807) is 24.3 Å². The van der Waals surface area contributed by atoms with E-state index in [-0.39, 0.29) is 12.0 Å². The standard InChI is InChI=1S/C14H15N3O3S/c1-8(2)20-10-5-3-9(4-6-10)13(19)17-14-16-7-11(21-14)12(15)18/h3-8H,1-2H3,(H2,15,18)(H,16,17,19). The van der Waals surface area contributed by atoms with Crippen LogP contribution in [0.5, 0.6) is 5.75 Å². The van der Waals surface area contributed by atoms with E-state index >= 15 is 0 Å². The number of rotatable bonds is 5. The number of nitrogens with one attached hydrogen (secondary N) is 1. The third kappa shape index (κ3) is 4.03. The fraction of sp³-hybridized carbons (Fsp3) is 0.214. The second-order valence-corrected chi connectivity index (χ2v) is 5.57. The lowest BCUT2D eigenvalue weighted by atomic mass is 10.2. The predicted molar refractivity (Wildman–Crippen MR) is 80.8 cm³/mol. The Bertz CT molecular complexity index is 650. The molecular formula is C14H15N3O3S. The van der Waals surface area contributed by atoms with Crippen LogP contribution in [-0.4, -0.2) is 22.9 Å². The van der Waals surface area contributed by atoms with Crippen LogP contribution in [0.25, 0.3) is 0 Å². The molecule has 1 aromatic heterocycles. The van der Waals surface area contributed by atoms with Crippen molar-refractivity contribution in [3.05, 3.63) is 40.9 Å². The molecule has 0 aliphatic heterocycles. The van der Waals surface area contributed by atoms with Crippen molar-refractivity contribution < 1.29 is 14.3 Å². The summed E-state index contributed by atoms with van der Waals surface area (Å²) in [5, 5.41) is 2.94. The zero-order valence-electron chi connectivity index (χ0n) is 11.6. The first-order chi connectivity index (χ1) is 9.95. The van der Waals surface area contributed by atoms with Gasteiger partial charge in [-0.3, -0.25) is 14.9 Å². The van der Waals surface area contributed by atoms with Crippen LogP contribution in [0.15, 0.2) is 30.5 Å². The average Bonchev–Trinajstić information content (AvgIpc) is 2.87. The minimum absolute atomic E-state index is 0.0761. The van der Waals surface area contributed by atoms with Crippen LogP contribution in [-0.2, 0) is 0 Å². The number of thiazole rings is 1. The minimum Gasteiger partial charge on any atom is -0.491 e. The molecule has 0 bridgehead atoms. The van der Waals surface area contributed by atoms with E-state index in [0.717, 1.165) is 11.3 Å². The van der Waals surface area contributed by atoms with Gasteiger partial charge < -0.3 is 10.5 Å². The normalized spacial score (nSPS) is 10.4. The first kappa shape index (κ1) is 15.0. The highest BCUT2D eigenvalue weighted by molar-refractivity contribution is 7.17. The van der Waals surface area contributed by atoms with Crippen LogP contribution in [0.4, 0.5) is 5.13 Å². The molecule has 110 valence electrons. The molecule has 0 spiro atoms. The van der Waals surface area contributed by atoms with Gasteiger partial charge in [0.1, 0.15) is 10.6 Å². The Morgan fingerprint density at radius 1 is 1.29 bits per heavy atom. The summed E-state index contributed by atoms with van der Waals surface area (Å²) in [6, 6.07) is 6.78. The summed E-state index contributed by atoms with van der Waals surface area (Å²) in [5.41, 5.74) is 5.60. The van der Waals surface area contributed by atoms with Gasteiger partial charge in [-0.25, -0.2) is 4.98 Å². The summed E-state index contributed by atoms with van der Waals surface area (Å²) in [6.45, 7) is 3.86. The number of hydrogen-bond donors (Lipinski definition) is 2. The molecule has 0 aliphatic rings. The van der Waals surface area contributed by atoms with E-state index in [1.807, 2.05) is 13.8 Å². The molecule has 0 atom stereocenters. The summed E-state index contributed by atoms with van der Waals surface area (Å²) >= 11 is 1.03. The third-order valence-corrected chi connectivity index (χ3v) is 3.38. The molecule has 1 aromatic carbocycles. The molecule has 6 nitrogen and oxygen atoms in total. The Morgan fingerprint density at radius 3 is 2.48 bits per heavy atom. The molecule has 0 fully saturated rings. The van der Waals surface area contributed by atoms with Gasteiger partial charge in [0, 0.05) is 5.56 Å². The fourth-order valence-electron chi connectivity index (χ4n) is 1.57. The first-order valence-electron chi connectivity index (χ1n) is 6.29. The monoisotopic (exact) mass is 305 g/mol. The average molecular weight is 305 g/mol. The highest BCUT2D eigenvalue weighted by atomic mass is 32.1. The highest BCUT2D eigenvalue weighted by Crippen LogP contribution is 2.19. The summed E-state index contributed by atoms with van der Waals surface area (Å²) in [7, 11) is 0. The van der Waals surface area contributed by atoms with Gasteiger partial charge in [0.25, 0.3) is 11.8 Å². The second kappa shape index (κ2) is 6.36. The number of anilines is 1. The first-order valence-corrected chi connectivity index (χ1v) is 7.11. The number of primary amides is 1. The number of hydrogen-bond acceptors (Lipinski definition) is 5. The van der Waals surface area contributed by atoms with Crippen molar-refractivity contribution in [3.63, 3.8) is 0 Å². The molecule has 1 heterocycles. The number of ether oxygens (including phenoxy) is 1. The molecule has 21 heavy (non-hydrogen) atoms. The highest BCUT2D eigenvalue weighted by Gasteiger charge is 2.11. The van der Waals surface area contributed by atoms with Crippen LogP contribution in [0.2, 0.25) is 0 Å². The molecule has 0 radical (unpaired) electrons. The van der Waals surface area contributed by atoms with Crippen molar-refractivity contribution in [2.75, 3.05) is 5.32 Å². The summed E-state index contributed by atoms with van der Waals surface area (Å²) in [5.74, 6) is -0.175. The number of carbonyl (C=O) groups excluding carboxylic acids is 2. The molecule has 2 aromatic rings. The largest absolute Gasteiger partial charge is 0.491 e. The van der Waals surface area contributed by atoms with Gasteiger partial charge in [0.2, 0.25) is 0 Å². The van der Waals surface area contributed by atoms with Gasteiger partial charge in [-0.2, -0.15) is 0 Å². The number of aromatic nitrogens is 1. The van der Waals surface area contributed by atoms with Crippen molar-refractivity contribution in [1.82, 2.24) is 4.98 Å². The van der Waals surface area contributed by atoms with E-state index in [9.17, 15) is 9.59 Å². The molecule has 0 saturated heterocycles. The van der Waals surface area contributed by atoms with E-state index in [0.29, 0.717) is 21.3 Å². The summed E-state index contributed by atoms with van der Waals surface area (Å²) in [4.78, 5) is 27.2.